The van der Waals surface area contributed by atoms with Crippen LogP contribution in [0.4, 0.5) is 13.2 Å². The molecule has 9 heteroatoms. The Hall–Kier alpha value is -2.12. The van der Waals surface area contributed by atoms with Crippen molar-refractivity contribution in [1.29, 1.82) is 0 Å². The fourth-order valence-electron chi connectivity index (χ4n) is 1.90. The van der Waals surface area contributed by atoms with Crippen molar-refractivity contribution in [3.8, 4) is 22.8 Å². The number of rotatable bonds is 2. The van der Waals surface area contributed by atoms with Crippen LogP contribution < -0.4 is 0 Å². The first-order chi connectivity index (χ1) is 10.9. The first-order valence-corrected chi connectivity index (χ1v) is 6.92. The molecule has 0 saturated heterocycles. The van der Waals surface area contributed by atoms with E-state index in [2.05, 4.69) is 15.1 Å². The Morgan fingerprint density at radius 3 is 2.52 bits per heavy atom. The van der Waals surface area contributed by atoms with Crippen LogP contribution in [0.25, 0.3) is 22.8 Å². The highest BCUT2D eigenvalue weighted by atomic mass is 35.5. The Labute approximate surface area is 137 Å². The maximum atomic E-state index is 13.0. The number of benzene rings is 1. The molecule has 118 valence electrons. The van der Waals surface area contributed by atoms with Crippen molar-refractivity contribution in [1.82, 2.24) is 15.1 Å². The zero-order valence-corrected chi connectivity index (χ0v) is 12.6. The number of hydrogen-bond donors (Lipinski definition) is 0. The number of pyridine rings is 1. The van der Waals surface area contributed by atoms with E-state index >= 15 is 0 Å². The van der Waals surface area contributed by atoms with Crippen molar-refractivity contribution in [3.63, 3.8) is 0 Å². The largest absolute Gasteiger partial charge is 0.417 e. The van der Waals surface area contributed by atoms with Crippen molar-refractivity contribution in [2.24, 2.45) is 0 Å². The Morgan fingerprint density at radius 2 is 1.83 bits per heavy atom. The van der Waals surface area contributed by atoms with E-state index < -0.39 is 11.7 Å². The van der Waals surface area contributed by atoms with Crippen LogP contribution in [0.2, 0.25) is 10.0 Å². The molecular weight excluding hydrogens is 354 g/mol. The highest BCUT2D eigenvalue weighted by Crippen LogP contribution is 2.36. The monoisotopic (exact) mass is 359 g/mol. The Kier molecular flexibility index (Phi) is 3.99. The van der Waals surface area contributed by atoms with Crippen LogP contribution in [0.3, 0.4) is 0 Å². The van der Waals surface area contributed by atoms with Gasteiger partial charge in [0, 0.05) is 18.0 Å². The van der Waals surface area contributed by atoms with Crippen molar-refractivity contribution in [3.05, 3.63) is 52.3 Å². The summed E-state index contributed by atoms with van der Waals surface area (Å²) in [6.45, 7) is 0. The lowest BCUT2D eigenvalue weighted by Gasteiger charge is -2.08. The molecule has 23 heavy (non-hydrogen) atoms. The molecular formula is C14H6Cl2F3N3O. The molecule has 0 unspecified atom stereocenters. The number of alkyl halides is 3. The average Bonchev–Trinajstić information content (AvgIpc) is 2.99. The first-order valence-electron chi connectivity index (χ1n) is 6.17. The molecule has 0 saturated carbocycles. The van der Waals surface area contributed by atoms with Crippen LogP contribution in [0.1, 0.15) is 5.56 Å². The summed E-state index contributed by atoms with van der Waals surface area (Å²) in [5.41, 5.74) is -0.723. The minimum absolute atomic E-state index is 0.0237. The fraction of sp³-hybridized carbons (Fsp3) is 0.0714. The van der Waals surface area contributed by atoms with E-state index in [1.165, 1.54) is 12.1 Å². The normalized spacial score (nSPS) is 11.7. The molecule has 0 amide bonds. The van der Waals surface area contributed by atoms with Gasteiger partial charge < -0.3 is 4.52 Å². The van der Waals surface area contributed by atoms with Gasteiger partial charge in [-0.1, -0.05) is 28.4 Å². The number of hydrogen-bond acceptors (Lipinski definition) is 4. The predicted octanol–water partition coefficient (Wildman–Crippen LogP) is 5.12. The van der Waals surface area contributed by atoms with Crippen molar-refractivity contribution < 1.29 is 17.7 Å². The van der Waals surface area contributed by atoms with Gasteiger partial charge in [-0.2, -0.15) is 18.2 Å². The van der Waals surface area contributed by atoms with E-state index in [0.29, 0.717) is 10.6 Å². The lowest BCUT2D eigenvalue weighted by molar-refractivity contribution is -0.137. The van der Waals surface area contributed by atoms with Crippen molar-refractivity contribution in [2.45, 2.75) is 6.18 Å². The summed E-state index contributed by atoms with van der Waals surface area (Å²) in [6, 6.07) is 5.42. The van der Waals surface area contributed by atoms with Crippen LogP contribution in [0.15, 0.2) is 41.2 Å². The van der Waals surface area contributed by atoms with Gasteiger partial charge in [-0.25, -0.2) is 0 Å². The lowest BCUT2D eigenvalue weighted by Crippen LogP contribution is -2.07. The maximum Gasteiger partial charge on any atom is 0.417 e. The van der Waals surface area contributed by atoms with E-state index in [1.807, 2.05) is 0 Å². The van der Waals surface area contributed by atoms with E-state index in [0.717, 1.165) is 18.5 Å². The van der Waals surface area contributed by atoms with E-state index in [9.17, 15) is 13.2 Å². The summed E-state index contributed by atoms with van der Waals surface area (Å²) in [5.74, 6) is -0.193. The quantitative estimate of drug-likeness (QED) is 0.636. The lowest BCUT2D eigenvalue weighted by atomic mass is 10.1. The third kappa shape index (κ3) is 3.16. The minimum atomic E-state index is -4.55. The molecule has 0 bridgehead atoms. The molecule has 4 nitrogen and oxygen atoms in total. The molecule has 0 radical (unpaired) electrons. The topological polar surface area (TPSA) is 51.8 Å². The fourth-order valence-corrected chi connectivity index (χ4v) is 2.20. The first kappa shape index (κ1) is 15.8. The Balaban J connectivity index is 2.05. The van der Waals surface area contributed by atoms with Crippen LogP contribution >= 0.6 is 23.2 Å². The van der Waals surface area contributed by atoms with Crippen LogP contribution in [-0.2, 0) is 6.18 Å². The van der Waals surface area contributed by atoms with Gasteiger partial charge in [-0.3, -0.25) is 4.98 Å². The van der Waals surface area contributed by atoms with Crippen LogP contribution in [0.5, 0.6) is 0 Å². The summed E-state index contributed by atoms with van der Waals surface area (Å²) in [5, 5.41) is 4.19. The second-order valence-electron chi connectivity index (χ2n) is 4.47. The van der Waals surface area contributed by atoms with Crippen LogP contribution in [-0.4, -0.2) is 15.1 Å². The van der Waals surface area contributed by atoms with Gasteiger partial charge in [0.25, 0.3) is 5.89 Å². The molecule has 1 aromatic carbocycles. The van der Waals surface area contributed by atoms with Gasteiger partial charge >= 0.3 is 6.18 Å². The minimum Gasteiger partial charge on any atom is -0.334 e. The second-order valence-corrected chi connectivity index (χ2v) is 5.29. The van der Waals surface area contributed by atoms with Crippen molar-refractivity contribution in [2.75, 3.05) is 0 Å². The van der Waals surface area contributed by atoms with Gasteiger partial charge in [0.2, 0.25) is 5.82 Å². The van der Waals surface area contributed by atoms with E-state index in [1.54, 1.807) is 6.07 Å². The van der Waals surface area contributed by atoms with E-state index in [-0.39, 0.29) is 22.3 Å². The van der Waals surface area contributed by atoms with Crippen molar-refractivity contribution >= 4 is 23.2 Å². The molecule has 0 aliphatic heterocycles. The average molecular weight is 360 g/mol. The summed E-state index contributed by atoms with van der Waals surface area (Å²) < 4.78 is 44.1. The molecule has 3 aromatic rings. The zero-order chi connectivity index (χ0) is 16.6. The third-order valence-electron chi connectivity index (χ3n) is 2.96. The molecule has 2 heterocycles. The third-order valence-corrected chi connectivity index (χ3v) is 3.70. The highest BCUT2D eigenvalue weighted by Gasteiger charge is 2.35. The molecule has 0 aliphatic carbocycles. The van der Waals surface area contributed by atoms with Gasteiger partial charge in [0.1, 0.15) is 0 Å². The molecule has 0 atom stereocenters. The molecule has 3 rings (SSSR count). The summed E-state index contributed by atoms with van der Waals surface area (Å²) in [6.07, 6.45) is -2.47. The van der Waals surface area contributed by atoms with Gasteiger partial charge in [-0.05, 0) is 24.3 Å². The molecule has 0 fully saturated rings. The number of aromatic nitrogens is 3. The Bertz CT molecular complexity index is 864. The maximum absolute atomic E-state index is 13.0. The standard InChI is InChI=1S/C14H6Cl2F3N3O/c15-10-2-1-7(5-11(10)16)13-21-12(22-23-13)8-6-20-4-3-9(8)14(17,18)19/h1-6H. The predicted molar refractivity (Wildman–Crippen MR) is 78.0 cm³/mol. The SMILES string of the molecule is FC(F)(F)c1ccncc1-c1noc(-c2ccc(Cl)c(Cl)c2)n1. The summed E-state index contributed by atoms with van der Waals surface area (Å²) in [4.78, 5) is 7.66. The van der Waals surface area contributed by atoms with Gasteiger partial charge in [0.15, 0.2) is 0 Å². The number of halogens is 5. The molecule has 2 aromatic heterocycles. The molecule has 0 spiro atoms. The second kappa shape index (κ2) is 5.82. The van der Waals surface area contributed by atoms with Gasteiger partial charge in [0.05, 0.1) is 21.2 Å². The zero-order valence-electron chi connectivity index (χ0n) is 11.1. The van der Waals surface area contributed by atoms with E-state index in [4.69, 9.17) is 27.7 Å². The molecule has 0 N–H and O–H groups in total. The highest BCUT2D eigenvalue weighted by molar-refractivity contribution is 6.42. The molecule has 0 aliphatic rings. The number of nitrogens with zero attached hydrogens (tertiary/aromatic N) is 3. The Morgan fingerprint density at radius 1 is 1.04 bits per heavy atom. The van der Waals surface area contributed by atoms with Crippen LogP contribution in [0, 0.1) is 0 Å². The smallest absolute Gasteiger partial charge is 0.334 e. The summed E-state index contributed by atoms with van der Waals surface area (Å²) >= 11 is 11.7. The van der Waals surface area contributed by atoms with Gasteiger partial charge in [-0.15, -0.1) is 0 Å². The summed E-state index contributed by atoms with van der Waals surface area (Å²) in [7, 11) is 0.